The molecule has 0 spiro atoms. The Morgan fingerprint density at radius 3 is 1.11 bits per heavy atom. The molecule has 0 saturated carbocycles. The summed E-state index contributed by atoms with van der Waals surface area (Å²) in [5, 5.41) is 0. The van der Waals surface area contributed by atoms with Crippen LogP contribution in [0.5, 0.6) is 0 Å². The molecule has 0 saturated heterocycles. The molecule has 1 heterocycles. The fraction of sp³-hybridized carbons (Fsp3) is 0.853. The minimum atomic E-state index is 0.894. The Morgan fingerprint density at radius 2 is 0.750 bits per heavy atom. The highest BCUT2D eigenvalue weighted by Crippen LogP contribution is 2.22. The van der Waals surface area contributed by atoms with E-state index in [4.69, 9.17) is 9.97 Å². The Kier molecular flexibility index (Phi) is 22.5. The first-order valence-corrected chi connectivity index (χ1v) is 16.4. The molecule has 1 aromatic heterocycles. The standard InChI is InChI=1S/C34H63N2/c1-5-9-12-15-18-21-24-28-31-32(29-25-22-19-16-13-10-6-2)35-34(27-8-4)36-33(31)30-26-23-20-17-14-11-7-3/h4-30H2,1-3H3. The first-order chi connectivity index (χ1) is 17.8. The molecule has 0 fully saturated rings. The first kappa shape index (κ1) is 33.1. The van der Waals surface area contributed by atoms with Crippen LogP contribution in [0.2, 0.25) is 0 Å². The van der Waals surface area contributed by atoms with Gasteiger partial charge in [0.2, 0.25) is 0 Å². The van der Waals surface area contributed by atoms with Crippen molar-refractivity contribution in [1.82, 2.24) is 9.97 Å². The zero-order chi connectivity index (χ0) is 26.1. The summed E-state index contributed by atoms with van der Waals surface area (Å²) < 4.78 is 0. The molecule has 0 N–H and O–H groups in total. The zero-order valence-electron chi connectivity index (χ0n) is 25.0. The minimum absolute atomic E-state index is 0.894. The number of hydrogen-bond donors (Lipinski definition) is 0. The molecule has 0 unspecified atom stereocenters. The van der Waals surface area contributed by atoms with E-state index in [9.17, 15) is 0 Å². The third-order valence-electron chi connectivity index (χ3n) is 7.69. The molecule has 0 bridgehead atoms. The van der Waals surface area contributed by atoms with Crippen molar-refractivity contribution >= 4 is 0 Å². The predicted molar refractivity (Wildman–Crippen MR) is 161 cm³/mol. The highest BCUT2D eigenvalue weighted by atomic mass is 14.9. The number of rotatable bonds is 26. The van der Waals surface area contributed by atoms with E-state index in [0.717, 1.165) is 31.5 Å². The monoisotopic (exact) mass is 499 g/mol. The van der Waals surface area contributed by atoms with E-state index in [1.54, 1.807) is 0 Å². The summed E-state index contributed by atoms with van der Waals surface area (Å²) >= 11 is 0. The van der Waals surface area contributed by atoms with Crippen LogP contribution >= 0.6 is 0 Å². The van der Waals surface area contributed by atoms with Gasteiger partial charge in [-0.15, -0.1) is 0 Å². The van der Waals surface area contributed by atoms with Gasteiger partial charge in [0.05, 0.1) is 0 Å². The van der Waals surface area contributed by atoms with Gasteiger partial charge in [0, 0.05) is 17.8 Å². The van der Waals surface area contributed by atoms with Crippen molar-refractivity contribution in [2.24, 2.45) is 0 Å². The fourth-order valence-corrected chi connectivity index (χ4v) is 5.37. The van der Waals surface area contributed by atoms with Gasteiger partial charge < -0.3 is 0 Å². The molecule has 0 aliphatic heterocycles. The molecule has 2 nitrogen and oxygen atoms in total. The number of hydrogen-bond acceptors (Lipinski definition) is 2. The summed E-state index contributed by atoms with van der Waals surface area (Å²) in [5.41, 5.74) is 4.32. The van der Waals surface area contributed by atoms with Crippen LogP contribution < -0.4 is 0 Å². The zero-order valence-corrected chi connectivity index (χ0v) is 25.0. The molecule has 1 radical (unpaired) electrons. The Hall–Kier alpha value is -0.920. The highest BCUT2D eigenvalue weighted by molar-refractivity contribution is 5.27. The third-order valence-corrected chi connectivity index (χ3v) is 7.69. The molecular weight excluding hydrogens is 436 g/mol. The summed E-state index contributed by atoms with van der Waals surface area (Å²) in [5.74, 6) is 1.06. The van der Waals surface area contributed by atoms with Crippen LogP contribution in [0, 0.1) is 6.92 Å². The molecule has 0 aromatic carbocycles. The topological polar surface area (TPSA) is 25.8 Å². The van der Waals surface area contributed by atoms with E-state index in [1.807, 2.05) is 0 Å². The molecule has 2 heteroatoms. The highest BCUT2D eigenvalue weighted by Gasteiger charge is 2.14. The molecule has 0 aliphatic rings. The molecule has 209 valence electrons. The van der Waals surface area contributed by atoms with Crippen LogP contribution in [0.3, 0.4) is 0 Å². The Morgan fingerprint density at radius 1 is 0.417 bits per heavy atom. The van der Waals surface area contributed by atoms with E-state index in [-0.39, 0.29) is 0 Å². The maximum Gasteiger partial charge on any atom is 0.128 e. The Balaban J connectivity index is 2.75. The second-order valence-corrected chi connectivity index (χ2v) is 11.2. The minimum Gasteiger partial charge on any atom is -0.238 e. The van der Waals surface area contributed by atoms with Crippen LogP contribution in [0.1, 0.15) is 185 Å². The van der Waals surface area contributed by atoms with E-state index < -0.39 is 0 Å². The van der Waals surface area contributed by atoms with Gasteiger partial charge in [-0.1, -0.05) is 143 Å². The average molecular weight is 500 g/mol. The van der Waals surface area contributed by atoms with Crippen molar-refractivity contribution in [3.8, 4) is 0 Å². The maximum absolute atomic E-state index is 5.14. The lowest BCUT2D eigenvalue weighted by atomic mass is 9.96. The lowest BCUT2D eigenvalue weighted by molar-refractivity contribution is 0.571. The van der Waals surface area contributed by atoms with Crippen LogP contribution in [-0.2, 0) is 25.7 Å². The number of unbranched alkanes of at least 4 members (excludes halogenated alkanes) is 18. The van der Waals surface area contributed by atoms with E-state index in [1.165, 1.54) is 158 Å². The average Bonchev–Trinajstić information content (AvgIpc) is 2.88. The molecule has 0 atom stereocenters. The van der Waals surface area contributed by atoms with Gasteiger partial charge in [-0.05, 0) is 50.5 Å². The summed E-state index contributed by atoms with van der Waals surface area (Å²) in [6.07, 6.45) is 34.0. The van der Waals surface area contributed by atoms with Gasteiger partial charge in [-0.25, -0.2) is 9.97 Å². The van der Waals surface area contributed by atoms with Gasteiger partial charge in [0.15, 0.2) is 0 Å². The molecule has 0 aliphatic carbocycles. The molecule has 36 heavy (non-hydrogen) atoms. The van der Waals surface area contributed by atoms with Crippen molar-refractivity contribution < 1.29 is 0 Å². The second kappa shape index (κ2) is 24.4. The SMILES string of the molecule is [CH2]CCc1nc(CCCCCCCCC)c(CCCCCCCCC)c(CCCCCCCCC)n1. The van der Waals surface area contributed by atoms with Gasteiger partial charge >= 0.3 is 0 Å². The molecular formula is C34H63N2. The molecule has 1 rings (SSSR count). The number of aryl methyl sites for hydroxylation is 3. The van der Waals surface area contributed by atoms with Gasteiger partial charge in [0.1, 0.15) is 5.82 Å². The maximum atomic E-state index is 5.14. The summed E-state index contributed by atoms with van der Waals surface area (Å²) in [7, 11) is 0. The van der Waals surface area contributed by atoms with Crippen molar-refractivity contribution in [3.63, 3.8) is 0 Å². The Bertz CT molecular complexity index is 570. The van der Waals surface area contributed by atoms with Crippen molar-refractivity contribution in [1.29, 1.82) is 0 Å². The summed E-state index contributed by atoms with van der Waals surface area (Å²) in [6.45, 7) is 11.0. The lowest BCUT2D eigenvalue weighted by Crippen LogP contribution is -2.11. The Labute approximate surface area is 227 Å². The lowest BCUT2D eigenvalue weighted by Gasteiger charge is -2.16. The van der Waals surface area contributed by atoms with Gasteiger partial charge in [-0.2, -0.15) is 0 Å². The predicted octanol–water partition coefficient (Wildman–Crippen LogP) is 11.1. The van der Waals surface area contributed by atoms with Crippen LogP contribution in [0.25, 0.3) is 0 Å². The second-order valence-electron chi connectivity index (χ2n) is 11.2. The third kappa shape index (κ3) is 16.8. The quantitative estimate of drug-likeness (QED) is 0.118. The van der Waals surface area contributed by atoms with E-state index >= 15 is 0 Å². The van der Waals surface area contributed by atoms with Crippen molar-refractivity contribution in [2.45, 2.75) is 188 Å². The first-order valence-electron chi connectivity index (χ1n) is 16.4. The summed E-state index contributed by atoms with van der Waals surface area (Å²) in [4.78, 5) is 10.3. The smallest absolute Gasteiger partial charge is 0.128 e. The number of nitrogens with zero attached hydrogens (tertiary/aromatic N) is 2. The summed E-state index contributed by atoms with van der Waals surface area (Å²) in [6, 6.07) is 0. The van der Waals surface area contributed by atoms with Gasteiger partial charge in [0.25, 0.3) is 0 Å². The van der Waals surface area contributed by atoms with Crippen LogP contribution in [-0.4, -0.2) is 9.97 Å². The van der Waals surface area contributed by atoms with Gasteiger partial charge in [-0.3, -0.25) is 0 Å². The van der Waals surface area contributed by atoms with E-state index in [2.05, 4.69) is 27.7 Å². The van der Waals surface area contributed by atoms with E-state index in [0.29, 0.717) is 0 Å². The van der Waals surface area contributed by atoms with Crippen molar-refractivity contribution in [2.75, 3.05) is 0 Å². The normalized spacial score (nSPS) is 11.4. The number of aromatic nitrogens is 2. The van der Waals surface area contributed by atoms with Crippen LogP contribution in [0.15, 0.2) is 0 Å². The van der Waals surface area contributed by atoms with Crippen LogP contribution in [0.4, 0.5) is 0 Å². The molecule has 1 aromatic rings. The largest absolute Gasteiger partial charge is 0.238 e. The van der Waals surface area contributed by atoms with Crippen molar-refractivity contribution in [3.05, 3.63) is 29.7 Å². The molecule has 0 amide bonds. The fourth-order valence-electron chi connectivity index (χ4n) is 5.37.